The summed E-state index contributed by atoms with van der Waals surface area (Å²) in [6.07, 6.45) is 1.69. The number of Topliss-reactive ketones (excluding diaryl/α,β-unsaturated/α-hetero) is 1. The molecule has 7 nitrogen and oxygen atoms in total. The van der Waals surface area contributed by atoms with Crippen LogP contribution in [0.15, 0.2) is 95.9 Å². The lowest BCUT2D eigenvalue weighted by Gasteiger charge is -2.18. The lowest BCUT2D eigenvalue weighted by Crippen LogP contribution is -2.19. The molecule has 0 radical (unpaired) electrons. The lowest BCUT2D eigenvalue weighted by atomic mass is 10.1. The van der Waals surface area contributed by atoms with Gasteiger partial charge in [0.1, 0.15) is 5.25 Å². The number of thioether (sulfide) groups is 1. The molecule has 0 aliphatic heterocycles. The molecule has 0 bridgehead atoms. The van der Waals surface area contributed by atoms with E-state index in [4.69, 9.17) is 5.11 Å². The van der Waals surface area contributed by atoms with Gasteiger partial charge in [0.05, 0.1) is 0 Å². The minimum atomic E-state index is -1.22. The zero-order valence-corrected chi connectivity index (χ0v) is 19.0. The first-order valence-corrected chi connectivity index (χ1v) is 11.2. The third-order valence-electron chi connectivity index (χ3n) is 4.63. The van der Waals surface area contributed by atoms with Gasteiger partial charge in [0.2, 0.25) is 11.8 Å². The monoisotopic (exact) mass is 474 g/mol. The molecular formula is C26H22N2O5S. The van der Waals surface area contributed by atoms with E-state index < -0.39 is 17.1 Å². The average molecular weight is 475 g/mol. The van der Waals surface area contributed by atoms with Gasteiger partial charge < -0.3 is 15.7 Å². The van der Waals surface area contributed by atoms with Crippen LogP contribution >= 0.6 is 11.8 Å². The molecule has 0 heterocycles. The molecule has 1 unspecified atom stereocenters. The SMILES string of the molecule is CC(=O)c1ccc(NC(=O)C(Sc2cccc(NC(=O)/C=C/C(=O)O)c2)c2ccccc2)cc1. The zero-order valence-electron chi connectivity index (χ0n) is 18.2. The molecule has 1 atom stereocenters. The number of rotatable bonds is 9. The summed E-state index contributed by atoms with van der Waals surface area (Å²) < 4.78 is 0. The van der Waals surface area contributed by atoms with Crippen molar-refractivity contribution in [1.82, 2.24) is 0 Å². The Morgan fingerprint density at radius 1 is 0.824 bits per heavy atom. The Kier molecular flexibility index (Phi) is 8.37. The van der Waals surface area contributed by atoms with Crippen LogP contribution in [-0.4, -0.2) is 28.7 Å². The van der Waals surface area contributed by atoms with Gasteiger partial charge in [-0.05, 0) is 55.0 Å². The van der Waals surface area contributed by atoms with Crippen LogP contribution in [0.25, 0.3) is 0 Å². The van der Waals surface area contributed by atoms with E-state index in [-0.39, 0.29) is 11.7 Å². The van der Waals surface area contributed by atoms with E-state index in [0.29, 0.717) is 16.9 Å². The summed E-state index contributed by atoms with van der Waals surface area (Å²) in [5, 5.41) is 13.6. The maximum atomic E-state index is 13.2. The Hall–Kier alpha value is -4.17. The van der Waals surface area contributed by atoms with Crippen molar-refractivity contribution in [3.8, 4) is 0 Å². The van der Waals surface area contributed by atoms with Crippen molar-refractivity contribution in [3.63, 3.8) is 0 Å². The van der Waals surface area contributed by atoms with Gasteiger partial charge in [-0.1, -0.05) is 36.4 Å². The van der Waals surface area contributed by atoms with Gasteiger partial charge in [0.25, 0.3) is 0 Å². The van der Waals surface area contributed by atoms with Crippen molar-refractivity contribution >= 4 is 46.7 Å². The van der Waals surface area contributed by atoms with E-state index in [2.05, 4.69) is 10.6 Å². The van der Waals surface area contributed by atoms with E-state index >= 15 is 0 Å². The number of hydrogen-bond acceptors (Lipinski definition) is 5. The first kappa shape index (κ1) is 24.5. The number of aliphatic carboxylic acids is 1. The van der Waals surface area contributed by atoms with Crippen LogP contribution in [-0.2, 0) is 14.4 Å². The number of anilines is 2. The number of carbonyl (C=O) groups is 4. The summed E-state index contributed by atoms with van der Waals surface area (Å²) in [4.78, 5) is 47.9. The Morgan fingerprint density at radius 3 is 2.18 bits per heavy atom. The number of nitrogens with one attached hydrogen (secondary N) is 2. The number of hydrogen-bond donors (Lipinski definition) is 3. The van der Waals surface area contributed by atoms with Gasteiger partial charge in [-0.2, -0.15) is 0 Å². The molecule has 8 heteroatoms. The first-order chi connectivity index (χ1) is 16.3. The fraction of sp³-hybridized carbons (Fsp3) is 0.0769. The molecule has 34 heavy (non-hydrogen) atoms. The number of carboxylic acid groups (broad SMARTS) is 1. The van der Waals surface area contributed by atoms with Gasteiger partial charge in [-0.3, -0.25) is 14.4 Å². The second-order valence-corrected chi connectivity index (χ2v) is 8.40. The molecule has 3 N–H and O–H groups in total. The number of benzene rings is 3. The number of ketones is 1. The van der Waals surface area contributed by atoms with Crippen molar-refractivity contribution in [2.75, 3.05) is 10.6 Å². The second kappa shape index (κ2) is 11.6. The second-order valence-electron chi connectivity index (χ2n) is 7.22. The van der Waals surface area contributed by atoms with Crippen molar-refractivity contribution < 1.29 is 24.3 Å². The Balaban J connectivity index is 1.79. The lowest BCUT2D eigenvalue weighted by molar-refractivity contribution is -0.131. The minimum Gasteiger partial charge on any atom is -0.478 e. The molecule has 3 rings (SSSR count). The van der Waals surface area contributed by atoms with Crippen LogP contribution in [0.5, 0.6) is 0 Å². The molecule has 3 aromatic rings. The molecule has 0 spiro atoms. The molecule has 2 amide bonds. The molecule has 0 aliphatic rings. The predicted molar refractivity (Wildman–Crippen MR) is 132 cm³/mol. The highest BCUT2D eigenvalue weighted by molar-refractivity contribution is 8.00. The predicted octanol–water partition coefficient (Wildman–Crippen LogP) is 4.94. The number of carbonyl (C=O) groups excluding carboxylic acids is 3. The molecule has 0 fully saturated rings. The van der Waals surface area contributed by atoms with E-state index in [0.717, 1.165) is 22.6 Å². The molecule has 0 aromatic heterocycles. The topological polar surface area (TPSA) is 113 Å². The Bertz CT molecular complexity index is 1220. The molecule has 0 saturated heterocycles. The highest BCUT2D eigenvalue weighted by Gasteiger charge is 2.22. The average Bonchev–Trinajstić information content (AvgIpc) is 2.82. The Labute approximate surface area is 200 Å². The van der Waals surface area contributed by atoms with E-state index in [1.807, 2.05) is 36.4 Å². The molecule has 3 aromatic carbocycles. The summed E-state index contributed by atoms with van der Waals surface area (Å²) in [7, 11) is 0. The normalized spacial score (nSPS) is 11.6. The van der Waals surface area contributed by atoms with Crippen molar-refractivity contribution in [2.45, 2.75) is 17.1 Å². The molecule has 172 valence electrons. The van der Waals surface area contributed by atoms with Gasteiger partial charge in [0, 0.05) is 34.0 Å². The first-order valence-electron chi connectivity index (χ1n) is 10.3. The highest BCUT2D eigenvalue weighted by Crippen LogP contribution is 2.37. The van der Waals surface area contributed by atoms with Gasteiger partial charge >= 0.3 is 5.97 Å². The molecule has 0 aliphatic carbocycles. The van der Waals surface area contributed by atoms with Crippen molar-refractivity contribution in [3.05, 3.63) is 102 Å². The van der Waals surface area contributed by atoms with Crippen molar-refractivity contribution in [1.29, 1.82) is 0 Å². The van der Waals surface area contributed by atoms with Gasteiger partial charge in [0.15, 0.2) is 5.78 Å². The van der Waals surface area contributed by atoms with Crippen LogP contribution < -0.4 is 10.6 Å². The number of amides is 2. The molecule has 0 saturated carbocycles. The Morgan fingerprint density at radius 2 is 1.53 bits per heavy atom. The third kappa shape index (κ3) is 7.18. The van der Waals surface area contributed by atoms with Crippen LogP contribution in [0.4, 0.5) is 11.4 Å². The van der Waals surface area contributed by atoms with Crippen LogP contribution in [0, 0.1) is 0 Å². The van der Waals surface area contributed by atoms with Gasteiger partial charge in [-0.25, -0.2) is 4.79 Å². The highest BCUT2D eigenvalue weighted by atomic mass is 32.2. The standard InChI is InChI=1S/C26H22N2O5S/c1-17(29)18-10-12-20(13-11-18)28-26(33)25(19-6-3-2-4-7-19)34-22-9-5-8-21(16-22)27-23(30)14-15-24(31)32/h2-16,25H,1H3,(H,27,30)(H,28,33)(H,31,32)/b15-14+. The third-order valence-corrected chi connectivity index (χ3v) is 5.88. The summed E-state index contributed by atoms with van der Waals surface area (Å²) in [5.74, 6) is -2.09. The van der Waals surface area contributed by atoms with Crippen LogP contribution in [0.1, 0.15) is 28.1 Å². The summed E-state index contributed by atoms with van der Waals surface area (Å²) in [6, 6.07) is 22.9. The summed E-state index contributed by atoms with van der Waals surface area (Å²) in [5.41, 5.74) is 2.40. The van der Waals surface area contributed by atoms with E-state index in [1.165, 1.54) is 18.7 Å². The summed E-state index contributed by atoms with van der Waals surface area (Å²) in [6.45, 7) is 1.48. The minimum absolute atomic E-state index is 0.0546. The van der Waals surface area contributed by atoms with E-state index in [9.17, 15) is 19.2 Å². The zero-order chi connectivity index (χ0) is 24.5. The maximum absolute atomic E-state index is 13.2. The van der Waals surface area contributed by atoms with E-state index in [1.54, 1.807) is 42.5 Å². The quantitative estimate of drug-likeness (QED) is 0.230. The van der Waals surface area contributed by atoms with Crippen LogP contribution in [0.3, 0.4) is 0 Å². The molecular weight excluding hydrogens is 452 g/mol. The summed E-state index contributed by atoms with van der Waals surface area (Å²) >= 11 is 1.31. The van der Waals surface area contributed by atoms with Crippen molar-refractivity contribution in [2.24, 2.45) is 0 Å². The fourth-order valence-corrected chi connectivity index (χ4v) is 4.09. The smallest absolute Gasteiger partial charge is 0.328 e. The van der Waals surface area contributed by atoms with Crippen LogP contribution in [0.2, 0.25) is 0 Å². The maximum Gasteiger partial charge on any atom is 0.328 e. The fourth-order valence-electron chi connectivity index (χ4n) is 3.01. The van der Waals surface area contributed by atoms with Gasteiger partial charge in [-0.15, -0.1) is 11.8 Å². The number of carboxylic acids is 1. The largest absolute Gasteiger partial charge is 0.478 e.